The van der Waals surface area contributed by atoms with Crippen LogP contribution in [-0.4, -0.2) is 72.6 Å². The first-order valence-corrected chi connectivity index (χ1v) is 14.2. The molecule has 0 radical (unpaired) electrons. The van der Waals surface area contributed by atoms with Gasteiger partial charge in [0, 0.05) is 62.5 Å². The summed E-state index contributed by atoms with van der Waals surface area (Å²) in [5, 5.41) is 6.12. The van der Waals surface area contributed by atoms with Crippen LogP contribution in [0.5, 0.6) is 5.75 Å². The molecule has 1 aromatic heterocycles. The number of carbonyl (C=O) groups is 2. The molecule has 2 aromatic rings. The van der Waals surface area contributed by atoms with Crippen LogP contribution < -0.4 is 10.1 Å². The van der Waals surface area contributed by atoms with Gasteiger partial charge in [-0.15, -0.1) is 11.3 Å². The highest BCUT2D eigenvalue weighted by molar-refractivity contribution is 7.09. The third-order valence-corrected chi connectivity index (χ3v) is 8.41. The summed E-state index contributed by atoms with van der Waals surface area (Å²) in [6, 6.07) is 5.43. The fourth-order valence-electron chi connectivity index (χ4n) is 5.26. The summed E-state index contributed by atoms with van der Waals surface area (Å²) in [7, 11) is 3.50. The Kier molecular flexibility index (Phi) is 9.56. The smallest absolute Gasteiger partial charge is 0.257 e. The Balaban J connectivity index is 1.59. The standard InChI is InChI=1S/C28H40N4O4S/c1-19-15-32(17-26-29-12-13-37-26)20(2)18-36-24-14-22(30-27(33)21-8-6-5-7-9-21)10-11-23(24)28(34)31(3)16-25(19)35-4/h10-14,19-21,25H,5-9,15-18H2,1-4H3,(H,30,33)/t19-,20-,25+/m0/s1. The highest BCUT2D eigenvalue weighted by Crippen LogP contribution is 2.29. The largest absolute Gasteiger partial charge is 0.491 e. The molecule has 9 heteroatoms. The number of benzene rings is 1. The van der Waals surface area contributed by atoms with E-state index in [0.29, 0.717) is 30.2 Å². The van der Waals surface area contributed by atoms with Crippen molar-refractivity contribution >= 4 is 28.8 Å². The van der Waals surface area contributed by atoms with Crippen molar-refractivity contribution in [2.24, 2.45) is 11.8 Å². The summed E-state index contributed by atoms with van der Waals surface area (Å²) in [5.74, 6) is 0.662. The number of anilines is 1. The van der Waals surface area contributed by atoms with Gasteiger partial charge in [-0.2, -0.15) is 0 Å². The quantitative estimate of drug-likeness (QED) is 0.607. The van der Waals surface area contributed by atoms with E-state index in [2.05, 4.69) is 29.0 Å². The summed E-state index contributed by atoms with van der Waals surface area (Å²) in [5.41, 5.74) is 1.15. The molecule has 8 nitrogen and oxygen atoms in total. The Bertz CT molecular complexity index is 1040. The van der Waals surface area contributed by atoms with Crippen LogP contribution >= 0.6 is 11.3 Å². The van der Waals surface area contributed by atoms with E-state index in [1.165, 1.54) is 6.42 Å². The number of nitrogens with zero attached hydrogens (tertiary/aromatic N) is 3. The molecule has 1 aliphatic heterocycles. The summed E-state index contributed by atoms with van der Waals surface area (Å²) in [4.78, 5) is 34.8. The van der Waals surface area contributed by atoms with Gasteiger partial charge in [0.25, 0.3) is 5.91 Å². The molecule has 2 heterocycles. The lowest BCUT2D eigenvalue weighted by Gasteiger charge is -2.35. The zero-order chi connectivity index (χ0) is 26.4. The van der Waals surface area contributed by atoms with Crippen LogP contribution in [0.1, 0.15) is 61.3 Å². The van der Waals surface area contributed by atoms with E-state index in [9.17, 15) is 9.59 Å². The molecular formula is C28H40N4O4S. The minimum Gasteiger partial charge on any atom is -0.491 e. The van der Waals surface area contributed by atoms with Crippen LogP contribution in [0.3, 0.4) is 0 Å². The van der Waals surface area contributed by atoms with Gasteiger partial charge in [-0.25, -0.2) is 4.98 Å². The van der Waals surface area contributed by atoms with Gasteiger partial charge >= 0.3 is 0 Å². The van der Waals surface area contributed by atoms with Crippen LogP contribution in [0.25, 0.3) is 0 Å². The van der Waals surface area contributed by atoms with E-state index in [1.807, 2.05) is 11.6 Å². The zero-order valence-corrected chi connectivity index (χ0v) is 23.3. The van der Waals surface area contributed by atoms with Crippen LogP contribution in [0.4, 0.5) is 5.69 Å². The Labute approximate surface area is 224 Å². The number of rotatable bonds is 5. The minimum atomic E-state index is -0.123. The van der Waals surface area contributed by atoms with Crippen LogP contribution in [0.15, 0.2) is 29.8 Å². The van der Waals surface area contributed by atoms with E-state index in [0.717, 1.165) is 43.8 Å². The molecule has 0 saturated heterocycles. The van der Waals surface area contributed by atoms with Gasteiger partial charge in [0.1, 0.15) is 17.4 Å². The maximum Gasteiger partial charge on any atom is 0.257 e. The number of nitrogens with one attached hydrogen (secondary N) is 1. The zero-order valence-electron chi connectivity index (χ0n) is 22.4. The number of fused-ring (bicyclic) bond motifs is 1. The topological polar surface area (TPSA) is 84.0 Å². The molecule has 1 aliphatic carbocycles. The molecule has 1 saturated carbocycles. The second kappa shape index (κ2) is 12.8. The number of amides is 2. The number of hydrogen-bond acceptors (Lipinski definition) is 7. The van der Waals surface area contributed by atoms with Gasteiger partial charge in [0.15, 0.2) is 0 Å². The first-order valence-electron chi connectivity index (χ1n) is 13.3. The predicted molar refractivity (Wildman–Crippen MR) is 146 cm³/mol. The summed E-state index contributed by atoms with van der Waals surface area (Å²) < 4.78 is 12.1. The molecule has 1 N–H and O–H groups in total. The van der Waals surface area contributed by atoms with Crippen molar-refractivity contribution in [1.29, 1.82) is 0 Å². The Morgan fingerprint density at radius 2 is 2.00 bits per heavy atom. The molecular weight excluding hydrogens is 488 g/mol. The number of thiazole rings is 1. The third kappa shape index (κ3) is 7.09. The second-order valence-corrected chi connectivity index (χ2v) is 11.5. The molecule has 2 aliphatic rings. The first kappa shape index (κ1) is 27.5. The highest BCUT2D eigenvalue weighted by atomic mass is 32.1. The van der Waals surface area contributed by atoms with Gasteiger partial charge in [-0.3, -0.25) is 14.5 Å². The van der Waals surface area contributed by atoms with Gasteiger partial charge in [0.2, 0.25) is 5.91 Å². The maximum absolute atomic E-state index is 13.4. The van der Waals surface area contributed by atoms with Gasteiger partial charge in [0.05, 0.1) is 18.2 Å². The lowest BCUT2D eigenvalue weighted by molar-refractivity contribution is -0.120. The molecule has 1 aromatic carbocycles. The lowest BCUT2D eigenvalue weighted by atomic mass is 9.88. The predicted octanol–water partition coefficient (Wildman–Crippen LogP) is 4.67. The molecule has 2 amide bonds. The Hall–Kier alpha value is -2.49. The van der Waals surface area contributed by atoms with Crippen molar-refractivity contribution in [3.8, 4) is 5.75 Å². The maximum atomic E-state index is 13.4. The average Bonchev–Trinajstić information content (AvgIpc) is 3.42. The van der Waals surface area contributed by atoms with Crippen LogP contribution in [0.2, 0.25) is 0 Å². The molecule has 0 unspecified atom stereocenters. The molecule has 3 atom stereocenters. The fourth-order valence-corrected chi connectivity index (χ4v) is 5.90. The number of carbonyl (C=O) groups excluding carboxylic acids is 2. The van der Waals surface area contributed by atoms with E-state index in [4.69, 9.17) is 9.47 Å². The summed E-state index contributed by atoms with van der Waals surface area (Å²) in [6.45, 7) is 6.68. The normalized spacial score (nSPS) is 24.5. The third-order valence-electron chi connectivity index (χ3n) is 7.64. The molecule has 1 fully saturated rings. The number of ether oxygens (including phenoxy) is 2. The number of methoxy groups -OCH3 is 1. The van der Waals surface area contributed by atoms with Crippen molar-refractivity contribution in [1.82, 2.24) is 14.8 Å². The van der Waals surface area contributed by atoms with Crippen molar-refractivity contribution < 1.29 is 19.1 Å². The summed E-state index contributed by atoms with van der Waals surface area (Å²) >= 11 is 1.65. The van der Waals surface area contributed by atoms with Crippen molar-refractivity contribution in [2.75, 3.05) is 39.2 Å². The van der Waals surface area contributed by atoms with Gasteiger partial charge < -0.3 is 19.7 Å². The van der Waals surface area contributed by atoms with Crippen LogP contribution in [-0.2, 0) is 16.1 Å². The van der Waals surface area contributed by atoms with E-state index < -0.39 is 0 Å². The molecule has 0 spiro atoms. The Morgan fingerprint density at radius 1 is 1.22 bits per heavy atom. The monoisotopic (exact) mass is 528 g/mol. The van der Waals surface area contributed by atoms with Gasteiger partial charge in [-0.1, -0.05) is 26.2 Å². The molecule has 37 heavy (non-hydrogen) atoms. The molecule has 202 valence electrons. The average molecular weight is 529 g/mol. The first-order chi connectivity index (χ1) is 17.9. The van der Waals surface area contributed by atoms with Crippen LogP contribution in [0, 0.1) is 11.8 Å². The van der Waals surface area contributed by atoms with Crippen molar-refractivity contribution in [3.63, 3.8) is 0 Å². The SMILES string of the molecule is CO[C@@H]1CN(C)C(=O)c2ccc(NC(=O)C3CCCCC3)cc2OC[C@H](C)N(Cc2nccs2)C[C@@H]1C. The van der Waals surface area contributed by atoms with E-state index >= 15 is 0 Å². The van der Waals surface area contributed by atoms with E-state index in [-0.39, 0.29) is 35.8 Å². The number of hydrogen-bond donors (Lipinski definition) is 1. The van der Waals surface area contributed by atoms with E-state index in [1.54, 1.807) is 48.6 Å². The number of aromatic nitrogens is 1. The second-order valence-electron chi connectivity index (χ2n) is 10.5. The fraction of sp³-hybridized carbons (Fsp3) is 0.607. The molecule has 0 bridgehead atoms. The summed E-state index contributed by atoms with van der Waals surface area (Å²) in [6.07, 6.45) is 6.99. The highest BCUT2D eigenvalue weighted by Gasteiger charge is 2.29. The Morgan fingerprint density at radius 3 is 2.70 bits per heavy atom. The van der Waals surface area contributed by atoms with Crippen molar-refractivity contribution in [3.05, 3.63) is 40.3 Å². The lowest BCUT2D eigenvalue weighted by Crippen LogP contribution is -2.46. The number of likely N-dealkylation sites (N-methyl/N-ethyl adjacent to an activating group) is 1. The van der Waals surface area contributed by atoms with Crippen molar-refractivity contribution in [2.45, 2.75) is 64.6 Å². The van der Waals surface area contributed by atoms with Gasteiger partial charge in [-0.05, 0) is 37.8 Å². The molecule has 4 rings (SSSR count). The minimum absolute atomic E-state index is 0.0517.